The Hall–Kier alpha value is -0.610. The van der Waals surface area contributed by atoms with Gasteiger partial charge in [0.2, 0.25) is 0 Å². The molecule has 0 aromatic carbocycles. The summed E-state index contributed by atoms with van der Waals surface area (Å²) in [4.78, 5) is 9.93. The average Bonchev–Trinajstić information content (AvgIpc) is 1.63. The first-order valence-corrected chi connectivity index (χ1v) is 2.63. The van der Waals surface area contributed by atoms with Crippen LogP contribution in [-0.2, 0) is 4.79 Å². The molecule has 5 heteroatoms. The van der Waals surface area contributed by atoms with Gasteiger partial charge in [-0.2, -0.15) is 0 Å². The van der Waals surface area contributed by atoms with E-state index in [1.807, 2.05) is 0 Å². The van der Waals surface area contributed by atoms with Crippen molar-refractivity contribution in [2.75, 3.05) is 0 Å². The van der Waals surface area contributed by atoms with Gasteiger partial charge >= 0.3 is 5.97 Å². The van der Waals surface area contributed by atoms with E-state index >= 15 is 0 Å². The average molecular weight is 167 g/mol. The summed E-state index contributed by atoms with van der Waals surface area (Å²) in [6, 6.07) is -0.403. The third kappa shape index (κ3) is 7.39. The predicted octanol–water partition coefficient (Wildman–Crippen LogP) is 0.250. The first-order chi connectivity index (χ1) is 4.16. The molecule has 0 fully saturated rings. The zero-order valence-corrected chi connectivity index (χ0v) is 6.23. The number of carbonyl (C=O) groups is 1. The van der Waals surface area contributed by atoms with Gasteiger partial charge in [-0.1, -0.05) is 0 Å². The summed E-state index contributed by atoms with van der Waals surface area (Å²) in [5.41, 5.74) is 5.25. The Kier molecular flexibility index (Phi) is 7.88. The maximum Gasteiger partial charge on any atom is 0.304 e. The maximum absolute atomic E-state index is 9.93. The van der Waals surface area contributed by atoms with Crippen LogP contribution in [-0.4, -0.2) is 23.3 Å². The minimum atomic E-state index is -0.913. The number of rotatable bonds is 4. The van der Waals surface area contributed by atoms with Gasteiger partial charge in [0.25, 0.3) is 0 Å². The van der Waals surface area contributed by atoms with Gasteiger partial charge in [-0.3, -0.25) is 4.79 Å². The van der Waals surface area contributed by atoms with Crippen molar-refractivity contribution in [2.24, 2.45) is 5.73 Å². The molecular formula is C5H11ClN2O2. The topological polar surface area (TPSA) is 87.2 Å². The van der Waals surface area contributed by atoms with Crippen molar-refractivity contribution in [3.05, 3.63) is 0 Å². The van der Waals surface area contributed by atoms with Crippen LogP contribution < -0.4 is 5.73 Å². The summed E-state index contributed by atoms with van der Waals surface area (Å²) in [6.07, 6.45) is 1.40. The van der Waals surface area contributed by atoms with Crippen molar-refractivity contribution in [2.45, 2.75) is 18.9 Å². The highest BCUT2D eigenvalue weighted by atomic mass is 35.5. The van der Waals surface area contributed by atoms with E-state index in [4.69, 9.17) is 16.2 Å². The van der Waals surface area contributed by atoms with E-state index in [1.54, 1.807) is 0 Å². The van der Waals surface area contributed by atoms with E-state index in [2.05, 4.69) is 0 Å². The van der Waals surface area contributed by atoms with Gasteiger partial charge in [0.15, 0.2) is 0 Å². The number of hydrogen-bond donors (Lipinski definition) is 3. The SMILES string of the molecule is Cl.N=CCC(N)CC(=O)O. The van der Waals surface area contributed by atoms with Crippen LogP contribution >= 0.6 is 12.4 Å². The van der Waals surface area contributed by atoms with Crippen LogP contribution in [0.5, 0.6) is 0 Å². The molecule has 0 saturated heterocycles. The van der Waals surface area contributed by atoms with Crippen LogP contribution in [0.25, 0.3) is 0 Å². The molecule has 0 amide bonds. The summed E-state index contributed by atoms with van der Waals surface area (Å²) >= 11 is 0. The Morgan fingerprint density at radius 1 is 1.80 bits per heavy atom. The van der Waals surface area contributed by atoms with Crippen LogP contribution in [0, 0.1) is 5.41 Å². The fraction of sp³-hybridized carbons (Fsp3) is 0.600. The van der Waals surface area contributed by atoms with Crippen LogP contribution in [0.3, 0.4) is 0 Å². The van der Waals surface area contributed by atoms with Crippen molar-refractivity contribution in [1.29, 1.82) is 5.41 Å². The standard InChI is InChI=1S/C5H10N2O2.ClH/c6-2-1-4(7)3-5(8)9;/h2,4,6H,1,3,7H2,(H,8,9);1H. The highest BCUT2D eigenvalue weighted by molar-refractivity contribution is 5.85. The smallest absolute Gasteiger partial charge is 0.304 e. The third-order valence-electron chi connectivity index (χ3n) is 0.857. The van der Waals surface area contributed by atoms with Crippen molar-refractivity contribution >= 4 is 24.6 Å². The second-order valence-corrected chi connectivity index (χ2v) is 1.80. The summed E-state index contributed by atoms with van der Waals surface area (Å²) in [5, 5.41) is 14.7. The van der Waals surface area contributed by atoms with Crippen molar-refractivity contribution in [3.63, 3.8) is 0 Å². The lowest BCUT2D eigenvalue weighted by atomic mass is 10.2. The van der Waals surface area contributed by atoms with Gasteiger partial charge in [-0.15, -0.1) is 12.4 Å². The van der Waals surface area contributed by atoms with E-state index in [1.165, 1.54) is 0 Å². The molecule has 0 spiro atoms. The maximum atomic E-state index is 9.93. The normalized spacial score (nSPS) is 11.3. The van der Waals surface area contributed by atoms with Gasteiger partial charge in [-0.25, -0.2) is 0 Å². The molecule has 0 aliphatic heterocycles. The van der Waals surface area contributed by atoms with Gasteiger partial charge in [0, 0.05) is 6.04 Å². The van der Waals surface area contributed by atoms with Crippen molar-refractivity contribution in [1.82, 2.24) is 0 Å². The lowest BCUT2D eigenvalue weighted by Crippen LogP contribution is -2.23. The summed E-state index contributed by atoms with van der Waals surface area (Å²) < 4.78 is 0. The van der Waals surface area contributed by atoms with Crippen LogP contribution in [0.15, 0.2) is 0 Å². The molecule has 0 aliphatic carbocycles. The quantitative estimate of drug-likeness (QED) is 0.524. The summed E-state index contributed by atoms with van der Waals surface area (Å²) in [5.74, 6) is -0.913. The van der Waals surface area contributed by atoms with Crippen LogP contribution in [0.1, 0.15) is 12.8 Å². The van der Waals surface area contributed by atoms with E-state index in [0.717, 1.165) is 6.21 Å². The van der Waals surface area contributed by atoms with Crippen LogP contribution in [0.4, 0.5) is 0 Å². The van der Waals surface area contributed by atoms with E-state index in [-0.39, 0.29) is 18.8 Å². The van der Waals surface area contributed by atoms with Crippen molar-refractivity contribution < 1.29 is 9.90 Å². The molecule has 4 N–H and O–H groups in total. The Bertz CT molecular complexity index is 118. The molecule has 0 aromatic heterocycles. The lowest BCUT2D eigenvalue weighted by molar-refractivity contribution is -0.137. The molecule has 0 saturated carbocycles. The van der Waals surface area contributed by atoms with Gasteiger partial charge in [0.05, 0.1) is 6.42 Å². The van der Waals surface area contributed by atoms with Gasteiger partial charge in [0.1, 0.15) is 0 Å². The largest absolute Gasteiger partial charge is 0.481 e. The molecule has 0 aliphatic rings. The molecular weight excluding hydrogens is 156 g/mol. The van der Waals surface area contributed by atoms with E-state index < -0.39 is 12.0 Å². The fourth-order valence-electron chi connectivity index (χ4n) is 0.459. The third-order valence-corrected chi connectivity index (χ3v) is 0.857. The molecule has 60 valence electrons. The molecule has 4 nitrogen and oxygen atoms in total. The highest BCUT2D eigenvalue weighted by Gasteiger charge is 2.04. The Morgan fingerprint density at radius 2 is 2.30 bits per heavy atom. The van der Waals surface area contributed by atoms with E-state index in [9.17, 15) is 4.79 Å². The number of nitrogens with one attached hydrogen (secondary N) is 1. The Balaban J connectivity index is 0. The predicted molar refractivity (Wildman–Crippen MR) is 40.9 cm³/mol. The minimum Gasteiger partial charge on any atom is -0.481 e. The zero-order valence-electron chi connectivity index (χ0n) is 5.41. The second kappa shape index (κ2) is 6.51. The highest BCUT2D eigenvalue weighted by Crippen LogP contribution is 1.90. The first kappa shape index (κ1) is 12.1. The molecule has 0 radical (unpaired) electrons. The molecule has 10 heavy (non-hydrogen) atoms. The number of carboxylic acid groups (broad SMARTS) is 1. The number of carboxylic acids is 1. The Labute approximate surface area is 65.3 Å². The molecule has 1 unspecified atom stereocenters. The monoisotopic (exact) mass is 166 g/mol. The molecule has 0 heterocycles. The molecule has 0 bridgehead atoms. The number of halogens is 1. The van der Waals surface area contributed by atoms with E-state index in [0.29, 0.717) is 6.42 Å². The molecule has 0 aromatic rings. The fourth-order valence-corrected chi connectivity index (χ4v) is 0.459. The summed E-state index contributed by atoms with van der Waals surface area (Å²) in [7, 11) is 0. The molecule has 0 rings (SSSR count). The molecule has 1 atom stereocenters. The second-order valence-electron chi connectivity index (χ2n) is 1.80. The summed E-state index contributed by atoms with van der Waals surface area (Å²) in [6.45, 7) is 0. The van der Waals surface area contributed by atoms with Crippen molar-refractivity contribution in [3.8, 4) is 0 Å². The Morgan fingerprint density at radius 3 is 2.60 bits per heavy atom. The minimum absolute atomic E-state index is 0. The van der Waals surface area contributed by atoms with Gasteiger partial charge in [-0.05, 0) is 12.6 Å². The number of hydrogen-bond acceptors (Lipinski definition) is 3. The first-order valence-electron chi connectivity index (χ1n) is 2.63. The number of nitrogens with two attached hydrogens (primary N) is 1. The van der Waals surface area contributed by atoms with Gasteiger partial charge < -0.3 is 16.2 Å². The lowest BCUT2D eigenvalue weighted by Gasteiger charge is -2.01. The van der Waals surface area contributed by atoms with Crippen LogP contribution in [0.2, 0.25) is 0 Å². The number of aliphatic carboxylic acids is 1. The zero-order chi connectivity index (χ0) is 7.28.